The van der Waals surface area contributed by atoms with E-state index in [0.29, 0.717) is 35.0 Å². The first-order valence-electron chi connectivity index (χ1n) is 10.6. The monoisotopic (exact) mass is 467 g/mol. The van der Waals surface area contributed by atoms with Crippen molar-refractivity contribution < 1.29 is 18.3 Å². The molecule has 1 atom stereocenters. The molecule has 33 heavy (non-hydrogen) atoms. The third-order valence-corrected chi connectivity index (χ3v) is 6.18. The highest BCUT2D eigenvalue weighted by Crippen LogP contribution is 2.55. The fraction of sp³-hybridized carbons (Fsp3) is 0.320. The molecule has 1 fully saturated rings. The van der Waals surface area contributed by atoms with E-state index in [1.807, 2.05) is 12.1 Å². The van der Waals surface area contributed by atoms with Gasteiger partial charge in [-0.15, -0.1) is 0 Å². The molecule has 1 unspecified atom stereocenters. The summed E-state index contributed by atoms with van der Waals surface area (Å²) in [7, 11) is 0. The SMILES string of the molecule is CC(C)(C)COc1ccc2c(c1)C1(CC(F)(F)C(=S)N1)c1cc(-c3cncnc3)ccc1O2. The lowest BCUT2D eigenvalue weighted by Gasteiger charge is -2.37. The molecule has 8 heteroatoms. The number of halogens is 2. The van der Waals surface area contributed by atoms with Gasteiger partial charge in [-0.25, -0.2) is 9.97 Å². The quantitative estimate of drug-likeness (QED) is 0.486. The van der Waals surface area contributed by atoms with Gasteiger partial charge in [-0.2, -0.15) is 8.78 Å². The van der Waals surface area contributed by atoms with Crippen LogP contribution in [0.2, 0.25) is 0 Å². The van der Waals surface area contributed by atoms with E-state index < -0.39 is 22.9 Å². The number of fused-ring (bicyclic) bond motifs is 4. The number of hydrogen-bond donors (Lipinski definition) is 1. The van der Waals surface area contributed by atoms with Gasteiger partial charge in [0.05, 0.1) is 13.0 Å². The van der Waals surface area contributed by atoms with E-state index in [-0.39, 0.29) is 5.41 Å². The maximum atomic E-state index is 14.9. The molecular formula is C25H23F2N3O2S. The number of hydrogen-bond acceptors (Lipinski definition) is 5. The molecule has 1 spiro atoms. The highest BCUT2D eigenvalue weighted by Gasteiger charge is 2.58. The van der Waals surface area contributed by atoms with Crippen LogP contribution in [0, 0.1) is 5.41 Å². The average molecular weight is 468 g/mol. The summed E-state index contributed by atoms with van der Waals surface area (Å²) in [5.74, 6) is -1.57. The minimum absolute atomic E-state index is 0.0520. The largest absolute Gasteiger partial charge is 0.493 e. The lowest BCUT2D eigenvalue weighted by atomic mass is 9.77. The van der Waals surface area contributed by atoms with E-state index in [4.69, 9.17) is 21.7 Å². The van der Waals surface area contributed by atoms with Crippen molar-refractivity contribution in [3.63, 3.8) is 0 Å². The molecule has 0 aliphatic carbocycles. The molecule has 1 aromatic heterocycles. The summed E-state index contributed by atoms with van der Waals surface area (Å²) < 4.78 is 41.9. The van der Waals surface area contributed by atoms with Crippen molar-refractivity contribution in [2.24, 2.45) is 5.41 Å². The fourth-order valence-corrected chi connectivity index (χ4v) is 4.48. The van der Waals surface area contributed by atoms with Crippen molar-refractivity contribution in [2.45, 2.75) is 38.7 Å². The number of aromatic nitrogens is 2. The smallest absolute Gasteiger partial charge is 0.300 e. The van der Waals surface area contributed by atoms with Gasteiger partial charge < -0.3 is 14.8 Å². The summed E-state index contributed by atoms with van der Waals surface area (Å²) in [5.41, 5.74) is 1.42. The molecule has 1 saturated heterocycles. The maximum absolute atomic E-state index is 14.9. The van der Waals surface area contributed by atoms with Crippen LogP contribution in [0.5, 0.6) is 17.2 Å². The Morgan fingerprint density at radius 2 is 1.70 bits per heavy atom. The molecule has 5 nitrogen and oxygen atoms in total. The first-order chi connectivity index (χ1) is 15.6. The number of alkyl halides is 2. The van der Waals surface area contributed by atoms with Crippen molar-refractivity contribution in [3.8, 4) is 28.4 Å². The molecule has 3 aromatic rings. The van der Waals surface area contributed by atoms with Gasteiger partial charge in [-0.05, 0) is 41.3 Å². The predicted molar refractivity (Wildman–Crippen MR) is 125 cm³/mol. The zero-order valence-corrected chi connectivity index (χ0v) is 19.3. The van der Waals surface area contributed by atoms with Crippen molar-refractivity contribution in [1.29, 1.82) is 0 Å². The average Bonchev–Trinajstić information content (AvgIpc) is 3.02. The van der Waals surface area contributed by atoms with Gasteiger partial charge in [0.2, 0.25) is 0 Å². The third kappa shape index (κ3) is 3.82. The van der Waals surface area contributed by atoms with Crippen LogP contribution in [0.15, 0.2) is 55.1 Å². The second-order valence-electron chi connectivity index (χ2n) is 9.69. The van der Waals surface area contributed by atoms with Gasteiger partial charge in [0.15, 0.2) is 0 Å². The minimum atomic E-state index is -3.16. The molecule has 1 N–H and O–H groups in total. The predicted octanol–water partition coefficient (Wildman–Crippen LogP) is 5.87. The van der Waals surface area contributed by atoms with Crippen LogP contribution in [-0.4, -0.2) is 27.5 Å². The Kier molecular flexibility index (Phi) is 4.90. The van der Waals surface area contributed by atoms with Crippen LogP contribution in [0.4, 0.5) is 8.78 Å². The maximum Gasteiger partial charge on any atom is 0.300 e. The van der Waals surface area contributed by atoms with Crippen LogP contribution in [0.3, 0.4) is 0 Å². The Morgan fingerprint density at radius 1 is 1.03 bits per heavy atom. The van der Waals surface area contributed by atoms with Crippen LogP contribution < -0.4 is 14.8 Å². The van der Waals surface area contributed by atoms with Crippen LogP contribution in [0.25, 0.3) is 11.1 Å². The van der Waals surface area contributed by atoms with E-state index in [2.05, 4.69) is 36.1 Å². The zero-order valence-electron chi connectivity index (χ0n) is 18.5. The van der Waals surface area contributed by atoms with Crippen molar-refractivity contribution >= 4 is 17.2 Å². The zero-order chi connectivity index (χ0) is 23.4. The Hall–Kier alpha value is -3.13. The summed E-state index contributed by atoms with van der Waals surface area (Å²) in [4.78, 5) is 7.66. The molecule has 5 rings (SSSR count). The molecule has 2 aromatic carbocycles. The van der Waals surface area contributed by atoms with Gasteiger partial charge in [0.1, 0.15) is 34.1 Å². The van der Waals surface area contributed by atoms with Crippen LogP contribution in [-0.2, 0) is 5.54 Å². The summed E-state index contributed by atoms with van der Waals surface area (Å²) >= 11 is 5.07. The molecule has 0 amide bonds. The Labute approximate surface area is 196 Å². The van der Waals surface area contributed by atoms with Crippen molar-refractivity contribution in [2.75, 3.05) is 6.61 Å². The van der Waals surface area contributed by atoms with Gasteiger partial charge in [0.25, 0.3) is 5.92 Å². The summed E-state index contributed by atoms with van der Waals surface area (Å²) in [6.07, 6.45) is 4.29. The summed E-state index contributed by atoms with van der Waals surface area (Å²) in [6.45, 7) is 6.69. The number of rotatable bonds is 3. The van der Waals surface area contributed by atoms with Crippen molar-refractivity contribution in [3.05, 3.63) is 66.2 Å². The van der Waals surface area contributed by atoms with Gasteiger partial charge in [-0.3, -0.25) is 0 Å². The third-order valence-electron chi connectivity index (χ3n) is 5.78. The van der Waals surface area contributed by atoms with Gasteiger partial charge in [0, 0.05) is 29.1 Å². The summed E-state index contributed by atoms with van der Waals surface area (Å²) in [6, 6.07) is 10.8. The Bertz CT molecular complexity index is 1240. The molecule has 0 bridgehead atoms. The van der Waals surface area contributed by atoms with Crippen LogP contribution >= 0.6 is 12.2 Å². The van der Waals surface area contributed by atoms with Gasteiger partial charge in [-0.1, -0.05) is 39.1 Å². The number of nitrogens with zero attached hydrogens (tertiary/aromatic N) is 2. The second-order valence-corrected chi connectivity index (χ2v) is 10.1. The number of nitrogens with one attached hydrogen (secondary N) is 1. The van der Waals surface area contributed by atoms with Crippen LogP contribution in [0.1, 0.15) is 38.3 Å². The van der Waals surface area contributed by atoms with E-state index in [1.54, 1.807) is 36.7 Å². The van der Waals surface area contributed by atoms with Crippen molar-refractivity contribution in [1.82, 2.24) is 15.3 Å². The standard InChI is InChI=1S/C25H23F2N3O2S/c1-23(2,3)13-31-17-5-7-21-19(9-17)24(12-25(26,27)22(33)30-24)18-8-15(4-6-20(18)32-21)16-10-28-14-29-11-16/h4-11,14H,12-13H2,1-3H3,(H,30,33). The molecule has 3 heterocycles. The summed E-state index contributed by atoms with van der Waals surface area (Å²) in [5, 5.41) is 2.96. The molecular weight excluding hydrogens is 444 g/mol. The first-order valence-corrected chi connectivity index (χ1v) is 11.0. The Balaban J connectivity index is 1.66. The molecule has 2 aliphatic heterocycles. The lowest BCUT2D eigenvalue weighted by molar-refractivity contribution is 0.0683. The molecule has 2 aliphatic rings. The second kappa shape index (κ2) is 7.45. The molecule has 170 valence electrons. The number of benzene rings is 2. The van der Waals surface area contributed by atoms with Gasteiger partial charge >= 0.3 is 0 Å². The molecule has 0 saturated carbocycles. The molecule has 0 radical (unpaired) electrons. The van der Waals surface area contributed by atoms with E-state index in [1.165, 1.54) is 6.33 Å². The van der Waals surface area contributed by atoms with E-state index in [0.717, 1.165) is 11.1 Å². The number of ether oxygens (including phenoxy) is 2. The van der Waals surface area contributed by atoms with E-state index >= 15 is 0 Å². The Morgan fingerprint density at radius 3 is 2.33 bits per heavy atom. The topological polar surface area (TPSA) is 56.3 Å². The van der Waals surface area contributed by atoms with E-state index in [9.17, 15) is 8.78 Å². The fourth-order valence-electron chi connectivity index (χ4n) is 4.23. The normalized spacial score (nSPS) is 20.6. The highest BCUT2D eigenvalue weighted by atomic mass is 32.1. The highest BCUT2D eigenvalue weighted by molar-refractivity contribution is 7.80. The minimum Gasteiger partial charge on any atom is -0.493 e. The lowest BCUT2D eigenvalue weighted by Crippen LogP contribution is -2.41. The first kappa shape index (κ1) is 21.7. The number of thiocarbonyl (C=S) groups is 1.